The Balaban J connectivity index is 2.25. The van der Waals surface area contributed by atoms with E-state index >= 15 is 0 Å². The van der Waals surface area contributed by atoms with Crippen LogP contribution in [-0.4, -0.2) is 54.5 Å². The third kappa shape index (κ3) is 4.12. The smallest absolute Gasteiger partial charge is 0.410 e. The van der Waals surface area contributed by atoms with Gasteiger partial charge in [0.15, 0.2) is 5.82 Å². The second-order valence-electron chi connectivity index (χ2n) is 6.57. The first-order valence-corrected chi connectivity index (χ1v) is 7.76. The molecule has 2 rings (SSSR count). The maximum absolute atomic E-state index is 14.4. The van der Waals surface area contributed by atoms with Gasteiger partial charge < -0.3 is 19.9 Å². The van der Waals surface area contributed by atoms with Crippen LogP contribution in [0.5, 0.6) is 5.88 Å². The highest BCUT2D eigenvalue weighted by molar-refractivity contribution is 5.69. The van der Waals surface area contributed by atoms with Gasteiger partial charge in [-0.05, 0) is 26.8 Å². The minimum Gasteiger partial charge on any atom is -0.479 e. The summed E-state index contributed by atoms with van der Waals surface area (Å²) in [5, 5.41) is 0. The summed E-state index contributed by atoms with van der Waals surface area (Å²) in [6.45, 7) is 6.27. The Bertz CT molecular complexity index is 591. The summed E-state index contributed by atoms with van der Waals surface area (Å²) in [5.41, 5.74) is 5.82. The van der Waals surface area contributed by atoms with Gasteiger partial charge in [0.1, 0.15) is 5.60 Å². The lowest BCUT2D eigenvalue weighted by Gasteiger charge is -2.39. The molecular weight excluding hydrogens is 317 g/mol. The average molecular weight is 341 g/mol. The number of morpholine rings is 1. The molecule has 1 aromatic rings. The number of nitrogens with two attached hydrogens (primary N) is 1. The predicted molar refractivity (Wildman–Crippen MR) is 85.2 cm³/mol. The highest BCUT2D eigenvalue weighted by atomic mass is 19.1. The number of carbonyl (C=O) groups is 1. The first kappa shape index (κ1) is 18.4. The summed E-state index contributed by atoms with van der Waals surface area (Å²) in [5.74, 6) is -0.772. The zero-order valence-corrected chi connectivity index (χ0v) is 14.4. The monoisotopic (exact) mass is 341 g/mol. The van der Waals surface area contributed by atoms with Crippen molar-refractivity contribution in [3.05, 3.63) is 23.6 Å². The highest BCUT2D eigenvalue weighted by Gasteiger charge is 2.36. The topological polar surface area (TPSA) is 86.9 Å². The van der Waals surface area contributed by atoms with E-state index in [9.17, 15) is 9.18 Å². The molecule has 0 saturated carbocycles. The van der Waals surface area contributed by atoms with Gasteiger partial charge >= 0.3 is 6.09 Å². The van der Waals surface area contributed by atoms with Crippen molar-refractivity contribution in [3.63, 3.8) is 0 Å². The number of nitrogens with zero attached hydrogens (tertiary/aromatic N) is 2. The van der Waals surface area contributed by atoms with Crippen molar-refractivity contribution in [1.29, 1.82) is 0 Å². The molecule has 2 heterocycles. The van der Waals surface area contributed by atoms with Crippen LogP contribution in [0, 0.1) is 5.82 Å². The Morgan fingerprint density at radius 2 is 2.25 bits per heavy atom. The molecule has 0 spiro atoms. The largest absolute Gasteiger partial charge is 0.479 e. The van der Waals surface area contributed by atoms with Gasteiger partial charge in [0.25, 0.3) is 0 Å². The van der Waals surface area contributed by atoms with Gasteiger partial charge in [-0.3, -0.25) is 4.90 Å². The summed E-state index contributed by atoms with van der Waals surface area (Å²) in [6, 6.07) is 0.134. The lowest BCUT2D eigenvalue weighted by molar-refractivity contribution is -0.0384. The van der Waals surface area contributed by atoms with Crippen LogP contribution in [0.3, 0.4) is 0 Å². The number of amides is 1. The molecule has 24 heavy (non-hydrogen) atoms. The lowest BCUT2D eigenvalue weighted by atomic mass is 9.99. The summed E-state index contributed by atoms with van der Waals surface area (Å²) >= 11 is 0. The van der Waals surface area contributed by atoms with E-state index in [2.05, 4.69) is 4.98 Å². The van der Waals surface area contributed by atoms with Crippen molar-refractivity contribution >= 4 is 6.09 Å². The number of rotatable bonds is 3. The number of ether oxygens (including phenoxy) is 3. The van der Waals surface area contributed by atoms with E-state index in [1.807, 2.05) is 0 Å². The van der Waals surface area contributed by atoms with E-state index in [1.165, 1.54) is 24.3 Å². The van der Waals surface area contributed by atoms with Crippen molar-refractivity contribution in [2.45, 2.75) is 38.5 Å². The fourth-order valence-electron chi connectivity index (χ4n) is 2.51. The number of hydrogen-bond acceptors (Lipinski definition) is 6. The molecule has 1 saturated heterocycles. The maximum Gasteiger partial charge on any atom is 0.410 e. The normalized spacial score (nSPS) is 19.8. The Hall–Kier alpha value is -1.93. The van der Waals surface area contributed by atoms with Gasteiger partial charge in [-0.15, -0.1) is 0 Å². The van der Waals surface area contributed by atoms with Crippen LogP contribution in [-0.2, 0) is 9.47 Å². The molecule has 7 nitrogen and oxygen atoms in total. The fraction of sp³-hybridized carbons (Fsp3) is 0.625. The van der Waals surface area contributed by atoms with Crippen LogP contribution in [0.2, 0.25) is 0 Å². The van der Waals surface area contributed by atoms with Gasteiger partial charge in [-0.2, -0.15) is 0 Å². The molecule has 0 aromatic carbocycles. The summed E-state index contributed by atoms with van der Waals surface area (Å²) < 4.78 is 30.2. The molecule has 2 atom stereocenters. The van der Waals surface area contributed by atoms with Crippen LogP contribution in [0.15, 0.2) is 12.3 Å². The molecule has 2 N–H and O–H groups in total. The van der Waals surface area contributed by atoms with E-state index in [1.54, 1.807) is 20.8 Å². The van der Waals surface area contributed by atoms with E-state index < -0.39 is 29.6 Å². The van der Waals surface area contributed by atoms with Gasteiger partial charge in [0.2, 0.25) is 5.88 Å². The molecule has 1 amide bonds. The average Bonchev–Trinajstić information content (AvgIpc) is 2.53. The van der Waals surface area contributed by atoms with Crippen molar-refractivity contribution in [3.8, 4) is 5.88 Å². The van der Waals surface area contributed by atoms with E-state index in [0.29, 0.717) is 13.2 Å². The molecule has 0 aliphatic carbocycles. The molecule has 1 aliphatic heterocycles. The molecule has 8 heteroatoms. The maximum atomic E-state index is 14.4. The number of carbonyl (C=O) groups excluding carboxylic acids is 1. The minimum atomic E-state index is -0.797. The highest BCUT2D eigenvalue weighted by Crippen LogP contribution is 2.28. The lowest BCUT2D eigenvalue weighted by Crippen LogP contribution is -2.54. The van der Waals surface area contributed by atoms with Crippen LogP contribution in [0.1, 0.15) is 32.4 Å². The van der Waals surface area contributed by atoms with Crippen LogP contribution in [0.4, 0.5) is 9.18 Å². The number of methoxy groups -OCH3 is 1. The third-order valence-corrected chi connectivity index (χ3v) is 3.65. The number of halogens is 1. The fourth-order valence-corrected chi connectivity index (χ4v) is 2.51. The number of pyridine rings is 1. The van der Waals surface area contributed by atoms with Gasteiger partial charge in [0.05, 0.1) is 32.4 Å². The minimum absolute atomic E-state index is 0.136. The van der Waals surface area contributed by atoms with Gasteiger partial charge in [0, 0.05) is 18.3 Å². The molecule has 2 unspecified atom stereocenters. The van der Waals surface area contributed by atoms with Crippen molar-refractivity contribution in [2.24, 2.45) is 5.73 Å². The summed E-state index contributed by atoms with van der Waals surface area (Å²) in [4.78, 5) is 17.7. The second kappa shape index (κ2) is 7.31. The quantitative estimate of drug-likeness (QED) is 0.903. The first-order valence-electron chi connectivity index (χ1n) is 7.76. The van der Waals surface area contributed by atoms with Crippen molar-refractivity contribution in [2.75, 3.05) is 26.9 Å². The number of hydrogen-bond donors (Lipinski definition) is 1. The molecule has 0 bridgehead atoms. The Labute approximate surface area is 140 Å². The Kier molecular flexibility index (Phi) is 5.61. The van der Waals surface area contributed by atoms with Gasteiger partial charge in [-0.25, -0.2) is 14.2 Å². The second-order valence-corrected chi connectivity index (χ2v) is 6.57. The van der Waals surface area contributed by atoms with Crippen LogP contribution < -0.4 is 10.5 Å². The van der Waals surface area contributed by atoms with E-state index in [0.717, 1.165) is 0 Å². The molecule has 1 fully saturated rings. The van der Waals surface area contributed by atoms with E-state index in [-0.39, 0.29) is 18.1 Å². The number of aromatic nitrogens is 1. The van der Waals surface area contributed by atoms with E-state index in [4.69, 9.17) is 19.9 Å². The molecule has 0 radical (unpaired) electrons. The Morgan fingerprint density at radius 3 is 2.88 bits per heavy atom. The molecule has 1 aliphatic rings. The van der Waals surface area contributed by atoms with Crippen LogP contribution >= 0.6 is 0 Å². The van der Waals surface area contributed by atoms with Crippen LogP contribution in [0.25, 0.3) is 0 Å². The molecular formula is C16H24FN3O4. The zero-order chi connectivity index (χ0) is 17.9. The summed E-state index contributed by atoms with van der Waals surface area (Å²) in [6.07, 6.45) is 0.922. The summed E-state index contributed by atoms with van der Waals surface area (Å²) in [7, 11) is 1.33. The van der Waals surface area contributed by atoms with Gasteiger partial charge in [-0.1, -0.05) is 0 Å². The predicted octanol–water partition coefficient (Wildman–Crippen LogP) is 1.86. The van der Waals surface area contributed by atoms with Crippen molar-refractivity contribution in [1.82, 2.24) is 9.88 Å². The molecule has 1 aromatic heterocycles. The third-order valence-electron chi connectivity index (χ3n) is 3.65. The van der Waals surface area contributed by atoms with Crippen molar-refractivity contribution < 1.29 is 23.4 Å². The SMILES string of the molecule is COc1nccc(C(N)C2COCCN2C(=O)OC(C)(C)C)c1F. The standard InChI is InChI=1S/C16H24FN3O4/c1-16(2,3)24-15(21)20-7-8-23-9-11(20)13(18)10-5-6-19-14(22-4)12(10)17/h5-6,11,13H,7-9,18H2,1-4H3. The Morgan fingerprint density at radius 1 is 1.54 bits per heavy atom. The molecule has 134 valence electrons. The first-order chi connectivity index (χ1) is 11.2. The zero-order valence-electron chi connectivity index (χ0n) is 14.4.